The van der Waals surface area contributed by atoms with Crippen LogP contribution in [0, 0.1) is 6.92 Å². The Labute approximate surface area is 146 Å². The van der Waals surface area contributed by atoms with Gasteiger partial charge in [0.25, 0.3) is 0 Å². The number of hydrogen-bond donors (Lipinski definition) is 1. The SMILES string of the molecule is CCS(=O)(=O)N1CCCC(c2[nH]c(C)nc3cnc4nccc4c23)C1. The average Bonchev–Trinajstić information content (AvgIpc) is 3.09. The van der Waals surface area contributed by atoms with Crippen LogP contribution in [-0.4, -0.2) is 51.5 Å². The predicted octanol–water partition coefficient (Wildman–Crippen LogP) is 2.34. The molecule has 0 radical (unpaired) electrons. The molecule has 25 heavy (non-hydrogen) atoms. The maximum Gasteiger partial charge on any atom is 0.213 e. The molecule has 0 bridgehead atoms. The summed E-state index contributed by atoms with van der Waals surface area (Å²) in [7, 11) is -3.18. The van der Waals surface area contributed by atoms with Crippen molar-refractivity contribution in [2.75, 3.05) is 18.8 Å². The number of nitrogens with one attached hydrogen (secondary N) is 1. The highest BCUT2D eigenvalue weighted by Crippen LogP contribution is 2.34. The van der Waals surface area contributed by atoms with Crippen molar-refractivity contribution in [1.82, 2.24) is 24.2 Å². The molecule has 4 rings (SSSR count). The average molecular weight is 359 g/mol. The number of aromatic amines is 1. The summed E-state index contributed by atoms with van der Waals surface area (Å²) in [5, 5.41) is 1.97. The highest BCUT2D eigenvalue weighted by molar-refractivity contribution is 7.89. The molecule has 3 aromatic rings. The van der Waals surface area contributed by atoms with Gasteiger partial charge in [-0.05, 0) is 32.8 Å². The molecule has 1 saturated heterocycles. The Kier molecular flexibility index (Phi) is 3.96. The fraction of sp³-hybridized carbons (Fsp3) is 0.471. The Morgan fingerprint density at radius 2 is 2.20 bits per heavy atom. The lowest BCUT2D eigenvalue weighted by molar-refractivity contribution is 0.314. The number of piperidine rings is 1. The first-order chi connectivity index (χ1) is 12.0. The highest BCUT2D eigenvalue weighted by atomic mass is 32.2. The first kappa shape index (κ1) is 16.4. The van der Waals surface area contributed by atoms with E-state index in [1.807, 2.05) is 13.0 Å². The third kappa shape index (κ3) is 2.79. The normalized spacial score (nSPS) is 19.7. The number of sulfonamides is 1. The van der Waals surface area contributed by atoms with Crippen LogP contribution in [-0.2, 0) is 10.0 Å². The summed E-state index contributed by atoms with van der Waals surface area (Å²) < 4.78 is 26.3. The summed E-state index contributed by atoms with van der Waals surface area (Å²) in [6.07, 6.45) is 5.30. The quantitative estimate of drug-likeness (QED) is 0.775. The van der Waals surface area contributed by atoms with Gasteiger partial charge in [-0.2, -0.15) is 0 Å². The van der Waals surface area contributed by atoms with Crippen molar-refractivity contribution in [2.24, 2.45) is 0 Å². The number of pyridine rings is 1. The molecule has 0 amide bonds. The van der Waals surface area contributed by atoms with Crippen molar-refractivity contribution in [1.29, 1.82) is 0 Å². The van der Waals surface area contributed by atoms with E-state index in [1.165, 1.54) is 0 Å². The van der Waals surface area contributed by atoms with Crippen LogP contribution in [0.15, 0.2) is 18.5 Å². The van der Waals surface area contributed by atoms with E-state index in [-0.39, 0.29) is 11.7 Å². The first-order valence-electron chi connectivity index (χ1n) is 8.57. The van der Waals surface area contributed by atoms with E-state index in [1.54, 1.807) is 23.6 Å². The van der Waals surface area contributed by atoms with Crippen LogP contribution in [0.25, 0.3) is 21.9 Å². The van der Waals surface area contributed by atoms with E-state index in [4.69, 9.17) is 0 Å². The van der Waals surface area contributed by atoms with Crippen molar-refractivity contribution in [2.45, 2.75) is 32.6 Å². The molecule has 0 spiro atoms. The van der Waals surface area contributed by atoms with Crippen LogP contribution < -0.4 is 0 Å². The van der Waals surface area contributed by atoms with Crippen LogP contribution in [0.1, 0.15) is 37.2 Å². The second-order valence-electron chi connectivity index (χ2n) is 6.53. The van der Waals surface area contributed by atoms with Gasteiger partial charge < -0.3 is 4.98 Å². The van der Waals surface area contributed by atoms with Gasteiger partial charge in [0.05, 0.1) is 17.5 Å². The summed E-state index contributed by atoms with van der Waals surface area (Å²) in [6.45, 7) is 4.72. The van der Waals surface area contributed by atoms with E-state index in [0.717, 1.165) is 40.6 Å². The zero-order valence-corrected chi connectivity index (χ0v) is 15.2. The number of fused-ring (bicyclic) bond motifs is 3. The summed E-state index contributed by atoms with van der Waals surface area (Å²) in [5.41, 5.74) is 2.56. The van der Waals surface area contributed by atoms with Crippen molar-refractivity contribution < 1.29 is 8.42 Å². The van der Waals surface area contributed by atoms with Gasteiger partial charge in [-0.1, -0.05) is 0 Å². The summed E-state index contributed by atoms with van der Waals surface area (Å²) in [5.74, 6) is 1.05. The zero-order chi connectivity index (χ0) is 17.6. The summed E-state index contributed by atoms with van der Waals surface area (Å²) in [6, 6.07) is 1.95. The topological polar surface area (TPSA) is 91.8 Å². The number of nitrogens with zero attached hydrogens (tertiary/aromatic N) is 4. The van der Waals surface area contributed by atoms with Crippen LogP contribution in [0.3, 0.4) is 0 Å². The molecule has 1 fully saturated rings. The molecular weight excluding hydrogens is 338 g/mol. The lowest BCUT2D eigenvalue weighted by Crippen LogP contribution is -2.40. The molecule has 4 heterocycles. The van der Waals surface area contributed by atoms with Crippen molar-refractivity contribution in [3.63, 3.8) is 0 Å². The molecule has 0 aromatic carbocycles. The van der Waals surface area contributed by atoms with Gasteiger partial charge in [-0.3, -0.25) is 0 Å². The fourth-order valence-corrected chi connectivity index (χ4v) is 4.88. The smallest absolute Gasteiger partial charge is 0.213 e. The molecule has 7 nitrogen and oxygen atoms in total. The van der Waals surface area contributed by atoms with Gasteiger partial charge in [0, 0.05) is 41.7 Å². The molecule has 8 heteroatoms. The van der Waals surface area contributed by atoms with Crippen molar-refractivity contribution in [3.8, 4) is 0 Å². The highest BCUT2D eigenvalue weighted by Gasteiger charge is 2.30. The fourth-order valence-electron chi connectivity index (χ4n) is 3.70. The van der Waals surface area contributed by atoms with Gasteiger partial charge in [0.15, 0.2) is 5.65 Å². The molecule has 1 N–H and O–H groups in total. The maximum atomic E-state index is 12.3. The molecular formula is C17H21N5O2S. The van der Waals surface area contributed by atoms with Crippen LogP contribution in [0.2, 0.25) is 0 Å². The molecule has 1 atom stereocenters. The molecule has 1 aliphatic rings. The van der Waals surface area contributed by atoms with Crippen molar-refractivity contribution >= 4 is 32.0 Å². The second kappa shape index (κ2) is 6.03. The number of aromatic nitrogens is 4. The van der Waals surface area contributed by atoms with Gasteiger partial charge in [0.1, 0.15) is 5.82 Å². The van der Waals surface area contributed by atoms with Crippen LogP contribution >= 0.6 is 0 Å². The van der Waals surface area contributed by atoms with E-state index in [2.05, 4.69) is 19.9 Å². The molecule has 132 valence electrons. The van der Waals surface area contributed by atoms with Gasteiger partial charge in [0.2, 0.25) is 10.0 Å². The van der Waals surface area contributed by atoms with Gasteiger partial charge >= 0.3 is 0 Å². The van der Waals surface area contributed by atoms with E-state index in [0.29, 0.717) is 18.7 Å². The predicted molar refractivity (Wildman–Crippen MR) is 96.9 cm³/mol. The Hall–Kier alpha value is -2.06. The Balaban J connectivity index is 1.87. The third-order valence-electron chi connectivity index (χ3n) is 4.94. The van der Waals surface area contributed by atoms with Crippen LogP contribution in [0.5, 0.6) is 0 Å². The minimum atomic E-state index is -3.18. The van der Waals surface area contributed by atoms with Gasteiger partial charge in [-0.15, -0.1) is 0 Å². The molecule has 3 aromatic heterocycles. The number of rotatable bonds is 3. The van der Waals surface area contributed by atoms with Crippen molar-refractivity contribution in [3.05, 3.63) is 30.0 Å². The zero-order valence-electron chi connectivity index (χ0n) is 14.4. The second-order valence-corrected chi connectivity index (χ2v) is 8.79. The Morgan fingerprint density at radius 3 is 3.00 bits per heavy atom. The lowest BCUT2D eigenvalue weighted by Gasteiger charge is -2.32. The summed E-state index contributed by atoms with van der Waals surface area (Å²) >= 11 is 0. The Bertz CT molecular complexity index is 1040. The van der Waals surface area contributed by atoms with E-state index < -0.39 is 10.0 Å². The number of hydrogen-bond acceptors (Lipinski definition) is 5. The summed E-state index contributed by atoms with van der Waals surface area (Å²) in [4.78, 5) is 16.6. The lowest BCUT2D eigenvalue weighted by atomic mass is 9.92. The number of aryl methyl sites for hydroxylation is 1. The standard InChI is InChI=1S/C17H21N5O2S/c1-3-25(23,24)22-8-4-5-12(10-22)16-15-13-6-7-18-17(13)19-9-14(15)20-11(2)21-16/h6-7,9,12H,3-5,8,10H2,1-2H3,(H,20,21). The van der Waals surface area contributed by atoms with E-state index >= 15 is 0 Å². The number of H-pyrrole nitrogens is 1. The largest absolute Gasteiger partial charge is 0.347 e. The third-order valence-corrected chi connectivity index (χ3v) is 6.79. The first-order valence-corrected chi connectivity index (χ1v) is 10.2. The molecule has 0 saturated carbocycles. The Morgan fingerprint density at radius 1 is 1.36 bits per heavy atom. The molecule has 0 aliphatic carbocycles. The van der Waals surface area contributed by atoms with Gasteiger partial charge in [-0.25, -0.2) is 27.7 Å². The molecule has 1 unspecified atom stereocenters. The minimum absolute atomic E-state index is 0.111. The minimum Gasteiger partial charge on any atom is -0.347 e. The van der Waals surface area contributed by atoms with E-state index in [9.17, 15) is 8.42 Å². The van der Waals surface area contributed by atoms with Crippen LogP contribution in [0.4, 0.5) is 0 Å². The maximum absolute atomic E-state index is 12.3. The monoisotopic (exact) mass is 359 g/mol. The molecule has 1 aliphatic heterocycles.